The Morgan fingerprint density at radius 1 is 1.22 bits per heavy atom. The Labute approximate surface area is 209 Å². The van der Waals surface area contributed by atoms with Gasteiger partial charge in [-0.2, -0.15) is 0 Å². The molecule has 2 aromatic rings. The number of halogens is 1. The maximum Gasteiger partial charge on any atom is 0.318 e. The van der Waals surface area contributed by atoms with Gasteiger partial charge in [-0.3, -0.25) is 4.79 Å². The lowest BCUT2D eigenvalue weighted by molar-refractivity contribution is -0.285. The lowest BCUT2D eigenvalue weighted by Gasteiger charge is -2.41. The number of carbonyl (C=O) groups excluding carboxylic acids is 2. The van der Waals surface area contributed by atoms with E-state index >= 15 is 0 Å². The highest BCUT2D eigenvalue weighted by Gasteiger charge is 2.66. The summed E-state index contributed by atoms with van der Waals surface area (Å²) >= 11 is 0. The Hall–Kier alpha value is -3.01. The third-order valence-electron chi connectivity index (χ3n) is 8.04. The number of urea groups is 1. The summed E-state index contributed by atoms with van der Waals surface area (Å²) in [6.07, 6.45) is 2.96. The molecule has 190 valence electrons. The van der Waals surface area contributed by atoms with Gasteiger partial charge >= 0.3 is 6.03 Å². The third-order valence-corrected chi connectivity index (χ3v) is 8.04. The number of nitrogens with zero attached hydrogens (tertiary/aromatic N) is 2. The molecule has 5 aliphatic rings. The summed E-state index contributed by atoms with van der Waals surface area (Å²) in [5.74, 6) is 0.263. The molecule has 7 rings (SSSR count). The molecular weight excluding hydrogens is 463 g/mol. The van der Waals surface area contributed by atoms with Gasteiger partial charge in [0.05, 0.1) is 6.54 Å². The van der Waals surface area contributed by atoms with Crippen molar-refractivity contribution < 1.29 is 23.5 Å². The number of fused-ring (bicyclic) bond motifs is 1. The number of ether oxygens (including phenoxy) is 2. The average molecular weight is 495 g/mol. The van der Waals surface area contributed by atoms with Crippen molar-refractivity contribution >= 4 is 17.6 Å². The SMILES string of the molecule is CNC(=O)Nc1ccc2c(c1)CC[C@@]21OC2OC1N2CC(=O)N(Cc1ccc(F)cc1)[C@H](C)C1CC1. The molecule has 3 saturated heterocycles. The summed E-state index contributed by atoms with van der Waals surface area (Å²) < 4.78 is 25.8. The largest absolute Gasteiger partial charge is 0.341 e. The van der Waals surface area contributed by atoms with Crippen molar-refractivity contribution in [3.63, 3.8) is 0 Å². The van der Waals surface area contributed by atoms with Crippen molar-refractivity contribution in [2.75, 3.05) is 18.9 Å². The van der Waals surface area contributed by atoms with Crippen molar-refractivity contribution in [2.45, 2.75) is 63.4 Å². The number of amides is 3. The zero-order valence-electron chi connectivity index (χ0n) is 20.5. The highest BCUT2D eigenvalue weighted by molar-refractivity contribution is 5.89. The normalized spacial score (nSPS) is 26.9. The van der Waals surface area contributed by atoms with E-state index in [2.05, 4.69) is 17.6 Å². The second kappa shape index (κ2) is 8.83. The molecule has 8 nitrogen and oxygen atoms in total. The van der Waals surface area contributed by atoms with E-state index in [0.717, 1.165) is 48.1 Å². The molecule has 2 aliphatic carbocycles. The number of hydrogen-bond donors (Lipinski definition) is 2. The molecule has 2 aromatic carbocycles. The summed E-state index contributed by atoms with van der Waals surface area (Å²) in [6.45, 7) is 2.77. The number of anilines is 1. The van der Waals surface area contributed by atoms with Gasteiger partial charge < -0.3 is 25.0 Å². The standard InChI is InChI=1S/C27H31FN4O4/c1-16(18-5-6-18)31(14-17-3-7-20(28)8-4-17)23(33)15-32-24-27(36-26(32)35-24)12-11-19-13-21(9-10-22(19)27)30-25(34)29-2/h3-4,7-10,13,16,18,24,26H,5-6,11-12,14-15H2,1-2H3,(H2,29,30,34)/t16-,24?,26?,27-/m1/s1. The molecule has 4 atom stereocenters. The van der Waals surface area contributed by atoms with Crippen LogP contribution in [0, 0.1) is 11.7 Å². The van der Waals surface area contributed by atoms with Crippen LogP contribution < -0.4 is 10.6 Å². The molecule has 2 N–H and O–H groups in total. The summed E-state index contributed by atoms with van der Waals surface area (Å²) in [5.41, 5.74) is 3.22. The molecule has 36 heavy (non-hydrogen) atoms. The highest BCUT2D eigenvalue weighted by Crippen LogP contribution is 2.56. The van der Waals surface area contributed by atoms with E-state index in [1.165, 1.54) is 12.1 Å². The van der Waals surface area contributed by atoms with Crippen LogP contribution in [0.15, 0.2) is 42.5 Å². The van der Waals surface area contributed by atoms with E-state index in [1.54, 1.807) is 19.2 Å². The predicted molar refractivity (Wildman–Crippen MR) is 130 cm³/mol. The second-order valence-corrected chi connectivity index (χ2v) is 10.3. The lowest BCUT2D eigenvalue weighted by atomic mass is 9.93. The Kier molecular flexibility index (Phi) is 5.74. The fourth-order valence-electron chi connectivity index (χ4n) is 5.83. The number of benzene rings is 2. The fraction of sp³-hybridized carbons (Fsp3) is 0.481. The van der Waals surface area contributed by atoms with E-state index in [9.17, 15) is 14.0 Å². The summed E-state index contributed by atoms with van der Waals surface area (Å²) in [6, 6.07) is 12.1. The van der Waals surface area contributed by atoms with Gasteiger partial charge in [-0.15, -0.1) is 0 Å². The van der Waals surface area contributed by atoms with Crippen LogP contribution in [-0.4, -0.2) is 54.0 Å². The fourth-order valence-corrected chi connectivity index (χ4v) is 5.83. The van der Waals surface area contributed by atoms with E-state index < -0.39 is 12.0 Å². The predicted octanol–water partition coefficient (Wildman–Crippen LogP) is 3.52. The Balaban J connectivity index is 1.17. The highest BCUT2D eigenvalue weighted by atomic mass is 19.1. The number of hydrogen-bond acceptors (Lipinski definition) is 5. The van der Waals surface area contributed by atoms with Crippen molar-refractivity contribution in [3.8, 4) is 0 Å². The van der Waals surface area contributed by atoms with Crippen molar-refractivity contribution in [1.82, 2.24) is 15.1 Å². The first kappa shape index (κ1) is 23.4. The van der Waals surface area contributed by atoms with Gasteiger partial charge in [-0.25, -0.2) is 14.1 Å². The minimum atomic E-state index is -0.601. The first-order chi connectivity index (χ1) is 17.4. The minimum absolute atomic E-state index is 0.0287. The molecule has 3 aliphatic heterocycles. The number of aryl methyl sites for hydroxylation is 1. The van der Waals surface area contributed by atoms with Crippen LogP contribution in [0.5, 0.6) is 0 Å². The van der Waals surface area contributed by atoms with Gasteiger partial charge in [-0.1, -0.05) is 18.2 Å². The van der Waals surface area contributed by atoms with Gasteiger partial charge in [0.15, 0.2) is 6.23 Å². The van der Waals surface area contributed by atoms with Crippen molar-refractivity contribution in [3.05, 3.63) is 65.0 Å². The average Bonchev–Trinajstić information content (AvgIpc) is 3.49. The van der Waals surface area contributed by atoms with Crippen LogP contribution in [0.25, 0.3) is 0 Å². The lowest BCUT2D eigenvalue weighted by Crippen LogP contribution is -2.59. The second-order valence-electron chi connectivity index (χ2n) is 10.3. The molecule has 4 fully saturated rings. The topological polar surface area (TPSA) is 83.1 Å². The number of nitrogens with one attached hydrogen (secondary N) is 2. The smallest absolute Gasteiger partial charge is 0.318 e. The maximum atomic E-state index is 13.6. The first-order valence-electron chi connectivity index (χ1n) is 12.6. The minimum Gasteiger partial charge on any atom is -0.341 e. The Morgan fingerprint density at radius 2 is 2.00 bits per heavy atom. The van der Waals surface area contributed by atoms with Crippen LogP contribution in [0.1, 0.15) is 42.9 Å². The molecule has 1 saturated carbocycles. The summed E-state index contributed by atoms with van der Waals surface area (Å²) in [4.78, 5) is 29.2. The van der Waals surface area contributed by atoms with Gasteiger partial charge in [-0.05, 0) is 79.5 Å². The molecule has 1 spiro atoms. The zero-order valence-corrected chi connectivity index (χ0v) is 20.5. The number of rotatable bonds is 7. The molecule has 9 heteroatoms. The van der Waals surface area contributed by atoms with E-state index in [1.807, 2.05) is 28.0 Å². The van der Waals surface area contributed by atoms with Crippen LogP contribution in [0.3, 0.4) is 0 Å². The molecular formula is C27H31FN4O4. The molecule has 2 unspecified atom stereocenters. The summed E-state index contributed by atoms with van der Waals surface area (Å²) in [7, 11) is 1.58. The molecule has 0 radical (unpaired) electrons. The first-order valence-corrected chi connectivity index (χ1v) is 12.6. The summed E-state index contributed by atoms with van der Waals surface area (Å²) in [5, 5.41) is 5.37. The third kappa shape index (κ3) is 3.95. The van der Waals surface area contributed by atoms with Crippen molar-refractivity contribution in [1.29, 1.82) is 0 Å². The van der Waals surface area contributed by atoms with Crippen LogP contribution in [0.4, 0.5) is 14.9 Å². The van der Waals surface area contributed by atoms with E-state index in [4.69, 9.17) is 9.47 Å². The molecule has 0 aromatic heterocycles. The van der Waals surface area contributed by atoms with E-state index in [-0.39, 0.29) is 36.6 Å². The molecule has 2 bridgehead atoms. The monoisotopic (exact) mass is 494 g/mol. The molecule has 3 heterocycles. The number of carbonyl (C=O) groups is 2. The van der Waals surface area contributed by atoms with Crippen LogP contribution >= 0.6 is 0 Å². The van der Waals surface area contributed by atoms with Gasteiger partial charge in [0.25, 0.3) is 0 Å². The van der Waals surface area contributed by atoms with Gasteiger partial charge in [0.2, 0.25) is 12.3 Å². The Bertz CT molecular complexity index is 1190. The molecule has 3 amide bonds. The van der Waals surface area contributed by atoms with Crippen LogP contribution in [-0.2, 0) is 32.8 Å². The maximum absolute atomic E-state index is 13.6. The Morgan fingerprint density at radius 3 is 2.72 bits per heavy atom. The van der Waals surface area contributed by atoms with Crippen LogP contribution in [0.2, 0.25) is 0 Å². The van der Waals surface area contributed by atoms with Gasteiger partial charge in [0, 0.05) is 25.3 Å². The van der Waals surface area contributed by atoms with E-state index in [0.29, 0.717) is 12.5 Å². The zero-order chi connectivity index (χ0) is 25.0. The van der Waals surface area contributed by atoms with Crippen molar-refractivity contribution in [2.24, 2.45) is 5.92 Å². The van der Waals surface area contributed by atoms with Gasteiger partial charge in [0.1, 0.15) is 11.4 Å². The quantitative estimate of drug-likeness (QED) is 0.616.